The third kappa shape index (κ3) is 3.56. The number of nitrogens with zero attached hydrogens (tertiary/aromatic N) is 1. The second kappa shape index (κ2) is 7.80. The lowest BCUT2D eigenvalue weighted by molar-refractivity contribution is -0.135. The predicted octanol–water partition coefficient (Wildman–Crippen LogP) is 5.50. The molecule has 1 heterocycles. The van der Waals surface area contributed by atoms with Crippen LogP contribution in [0.4, 0.5) is 5.69 Å². The monoisotopic (exact) mass is 407 g/mol. The second-order valence-corrected chi connectivity index (χ2v) is 7.56. The van der Waals surface area contributed by atoms with E-state index in [9.17, 15) is 4.79 Å². The summed E-state index contributed by atoms with van der Waals surface area (Å²) in [5.74, 6) is 1.26. The van der Waals surface area contributed by atoms with Crippen LogP contribution in [0.25, 0.3) is 0 Å². The van der Waals surface area contributed by atoms with Crippen molar-refractivity contribution in [3.05, 3.63) is 88.4 Å². The third-order valence-corrected chi connectivity index (χ3v) is 5.70. The first-order chi connectivity index (χ1) is 14.0. The van der Waals surface area contributed by atoms with Gasteiger partial charge in [-0.3, -0.25) is 9.69 Å². The van der Waals surface area contributed by atoms with Gasteiger partial charge >= 0.3 is 0 Å². The number of hydrogen-bond acceptors (Lipinski definition) is 3. The first kappa shape index (κ1) is 19.3. The number of carbonyl (C=O) groups is 1. The Labute approximate surface area is 175 Å². The molecule has 1 aliphatic heterocycles. The average molecular weight is 408 g/mol. The Balaban J connectivity index is 1.70. The predicted molar refractivity (Wildman–Crippen MR) is 115 cm³/mol. The normalized spacial score (nSPS) is 18.3. The van der Waals surface area contributed by atoms with Gasteiger partial charge < -0.3 is 9.47 Å². The summed E-state index contributed by atoms with van der Waals surface area (Å²) in [6.45, 7) is 4.09. The van der Waals surface area contributed by atoms with Crippen molar-refractivity contribution >= 4 is 23.2 Å². The van der Waals surface area contributed by atoms with Gasteiger partial charge in [-0.2, -0.15) is 0 Å². The molecule has 0 N–H and O–H groups in total. The van der Waals surface area contributed by atoms with Gasteiger partial charge in [0, 0.05) is 10.7 Å². The fraction of sp³-hybridized carbons (Fsp3) is 0.208. The first-order valence-corrected chi connectivity index (χ1v) is 9.83. The van der Waals surface area contributed by atoms with Gasteiger partial charge in [-0.05, 0) is 73.0 Å². The zero-order chi connectivity index (χ0) is 20.5. The Morgan fingerprint density at radius 2 is 1.59 bits per heavy atom. The van der Waals surface area contributed by atoms with Crippen molar-refractivity contribution < 1.29 is 14.3 Å². The number of amides is 1. The topological polar surface area (TPSA) is 38.8 Å². The molecular formula is C24H22ClNO3. The highest BCUT2D eigenvalue weighted by Crippen LogP contribution is 2.43. The number of methoxy groups -OCH3 is 1. The van der Waals surface area contributed by atoms with Gasteiger partial charge in [0.25, 0.3) is 5.91 Å². The summed E-state index contributed by atoms with van der Waals surface area (Å²) in [7, 11) is 1.61. The molecule has 4 rings (SSSR count). The van der Waals surface area contributed by atoms with E-state index in [1.165, 1.54) is 5.56 Å². The molecule has 0 aliphatic carbocycles. The second-order valence-electron chi connectivity index (χ2n) is 7.16. The number of ether oxygens (including phenoxy) is 2. The standard InChI is InChI=1S/C24H22ClNO3/c1-15-8-9-17(14-16(15)2)26-22(20-6-4-5-7-21(20)25)23(24(26)27)29-19-12-10-18(28-3)11-13-19/h4-14,22-23H,1-3H3/t22-,23-/m1/s1. The van der Waals surface area contributed by atoms with Gasteiger partial charge in [-0.1, -0.05) is 35.9 Å². The first-order valence-electron chi connectivity index (χ1n) is 9.45. The van der Waals surface area contributed by atoms with E-state index >= 15 is 0 Å². The lowest BCUT2D eigenvalue weighted by Gasteiger charge is -2.47. The van der Waals surface area contributed by atoms with Gasteiger partial charge in [0.2, 0.25) is 6.10 Å². The summed E-state index contributed by atoms with van der Waals surface area (Å²) in [6, 6.07) is 20.5. The van der Waals surface area contributed by atoms with Gasteiger partial charge in [-0.25, -0.2) is 0 Å². The van der Waals surface area contributed by atoms with Gasteiger partial charge in [0.05, 0.1) is 7.11 Å². The van der Waals surface area contributed by atoms with Crippen LogP contribution < -0.4 is 14.4 Å². The molecule has 1 amide bonds. The number of anilines is 1. The minimum absolute atomic E-state index is 0.0889. The molecule has 1 saturated heterocycles. The van der Waals surface area contributed by atoms with E-state index in [0.717, 1.165) is 22.6 Å². The summed E-state index contributed by atoms with van der Waals surface area (Å²) < 4.78 is 11.3. The van der Waals surface area contributed by atoms with Crippen molar-refractivity contribution in [3.63, 3.8) is 0 Å². The number of aryl methyl sites for hydroxylation is 2. The summed E-state index contributed by atoms with van der Waals surface area (Å²) in [4.78, 5) is 14.9. The molecule has 0 saturated carbocycles. The summed E-state index contributed by atoms with van der Waals surface area (Å²) in [5.41, 5.74) is 4.03. The van der Waals surface area contributed by atoms with Crippen molar-refractivity contribution in [2.24, 2.45) is 0 Å². The molecule has 4 nitrogen and oxygen atoms in total. The van der Waals surface area contributed by atoms with Gasteiger partial charge in [-0.15, -0.1) is 0 Å². The van der Waals surface area contributed by atoms with E-state index < -0.39 is 6.10 Å². The third-order valence-electron chi connectivity index (χ3n) is 5.36. The maximum Gasteiger partial charge on any atom is 0.271 e. The van der Waals surface area contributed by atoms with Crippen molar-refractivity contribution in [1.29, 1.82) is 0 Å². The van der Waals surface area contributed by atoms with Gasteiger partial charge in [0.15, 0.2) is 0 Å². The number of carbonyl (C=O) groups excluding carboxylic acids is 1. The smallest absolute Gasteiger partial charge is 0.271 e. The molecule has 29 heavy (non-hydrogen) atoms. The molecule has 0 bridgehead atoms. The fourth-order valence-electron chi connectivity index (χ4n) is 3.56. The van der Waals surface area contributed by atoms with Crippen LogP contribution in [0.3, 0.4) is 0 Å². The quantitative estimate of drug-likeness (QED) is 0.524. The molecular weight excluding hydrogens is 386 g/mol. The number of rotatable bonds is 5. The summed E-state index contributed by atoms with van der Waals surface area (Å²) in [6.07, 6.45) is -0.648. The molecule has 3 aromatic rings. The number of hydrogen-bond donors (Lipinski definition) is 0. The molecule has 1 fully saturated rings. The largest absolute Gasteiger partial charge is 0.497 e. The van der Waals surface area contributed by atoms with Crippen LogP contribution in [0.1, 0.15) is 22.7 Å². The fourth-order valence-corrected chi connectivity index (χ4v) is 3.81. The van der Waals surface area contributed by atoms with E-state index in [-0.39, 0.29) is 11.9 Å². The lowest BCUT2D eigenvalue weighted by atomic mass is 9.89. The zero-order valence-electron chi connectivity index (χ0n) is 16.6. The summed E-state index contributed by atoms with van der Waals surface area (Å²) >= 11 is 6.49. The Kier molecular flexibility index (Phi) is 5.20. The molecule has 0 radical (unpaired) electrons. The van der Waals surface area contributed by atoms with Crippen molar-refractivity contribution in [3.8, 4) is 11.5 Å². The van der Waals surface area contributed by atoms with Crippen molar-refractivity contribution in [2.75, 3.05) is 12.0 Å². The lowest BCUT2D eigenvalue weighted by Crippen LogP contribution is -2.61. The zero-order valence-corrected chi connectivity index (χ0v) is 17.3. The number of benzene rings is 3. The molecule has 0 aromatic heterocycles. The van der Waals surface area contributed by atoms with Crippen LogP contribution in [-0.2, 0) is 4.79 Å². The molecule has 148 valence electrons. The maximum atomic E-state index is 13.1. The number of halogens is 1. The van der Waals surface area contributed by atoms with Crippen LogP contribution in [-0.4, -0.2) is 19.1 Å². The Hall–Kier alpha value is -2.98. The molecule has 5 heteroatoms. The van der Waals surface area contributed by atoms with Crippen molar-refractivity contribution in [2.45, 2.75) is 26.0 Å². The van der Waals surface area contributed by atoms with E-state index in [1.54, 1.807) is 24.1 Å². The van der Waals surface area contributed by atoms with Crippen LogP contribution in [0.15, 0.2) is 66.7 Å². The average Bonchev–Trinajstić information content (AvgIpc) is 2.73. The molecule has 0 spiro atoms. The number of β-lactam (4-membered cyclic amide) rings is 1. The molecule has 1 aliphatic rings. The minimum Gasteiger partial charge on any atom is -0.497 e. The van der Waals surface area contributed by atoms with Gasteiger partial charge in [0.1, 0.15) is 17.5 Å². The van der Waals surface area contributed by atoms with Crippen LogP contribution in [0.2, 0.25) is 5.02 Å². The molecule has 0 unspecified atom stereocenters. The van der Waals surface area contributed by atoms with Crippen LogP contribution in [0, 0.1) is 13.8 Å². The van der Waals surface area contributed by atoms with E-state index in [0.29, 0.717) is 10.8 Å². The highest BCUT2D eigenvalue weighted by Gasteiger charge is 2.51. The Morgan fingerprint density at radius 1 is 0.897 bits per heavy atom. The highest BCUT2D eigenvalue weighted by molar-refractivity contribution is 6.31. The van der Waals surface area contributed by atoms with E-state index in [1.807, 2.05) is 61.5 Å². The minimum atomic E-state index is -0.648. The van der Waals surface area contributed by atoms with Crippen LogP contribution >= 0.6 is 11.6 Å². The van der Waals surface area contributed by atoms with Crippen molar-refractivity contribution in [1.82, 2.24) is 0 Å². The Bertz CT molecular complexity index is 1050. The molecule has 2 atom stereocenters. The van der Waals surface area contributed by atoms with Crippen LogP contribution in [0.5, 0.6) is 11.5 Å². The summed E-state index contributed by atoms with van der Waals surface area (Å²) in [5, 5.41) is 0.613. The van der Waals surface area contributed by atoms with E-state index in [4.69, 9.17) is 21.1 Å². The Morgan fingerprint density at radius 3 is 2.24 bits per heavy atom. The maximum absolute atomic E-state index is 13.1. The molecule has 3 aromatic carbocycles. The highest BCUT2D eigenvalue weighted by atomic mass is 35.5. The van der Waals surface area contributed by atoms with E-state index in [2.05, 4.69) is 6.92 Å². The SMILES string of the molecule is COc1ccc(O[C@H]2C(=O)N(c3ccc(C)c(C)c3)[C@@H]2c2ccccc2Cl)cc1.